The molecule has 3 rings (SSSR count). The molecule has 2 aromatic rings. The molecule has 1 heterocycles. The molecular formula is C21H25NO3. The number of benzene rings is 2. The normalized spacial score (nSPS) is 20.3. The zero-order valence-electron chi connectivity index (χ0n) is 14.6. The minimum absolute atomic E-state index is 0.0464. The Hall–Kier alpha value is -2.33. The molecule has 0 spiro atoms. The van der Waals surface area contributed by atoms with E-state index < -0.39 is 0 Å². The summed E-state index contributed by atoms with van der Waals surface area (Å²) in [5.41, 5.74) is 1.24. The second kappa shape index (κ2) is 8.67. The van der Waals surface area contributed by atoms with Crippen molar-refractivity contribution in [1.29, 1.82) is 0 Å². The highest BCUT2D eigenvalue weighted by atomic mass is 16.5. The third-order valence-corrected chi connectivity index (χ3v) is 4.31. The molecule has 4 heteroatoms. The van der Waals surface area contributed by atoms with Gasteiger partial charge in [0.05, 0.1) is 25.2 Å². The van der Waals surface area contributed by atoms with Crippen LogP contribution in [0.4, 0.5) is 0 Å². The average Bonchev–Trinajstić information content (AvgIpc) is 2.63. The SMILES string of the molecule is CC1CN(C(=O)CCOc2ccccc2)CC(Cc2ccccc2)O1. The van der Waals surface area contributed by atoms with E-state index in [2.05, 4.69) is 12.1 Å². The van der Waals surface area contributed by atoms with Gasteiger partial charge in [-0.2, -0.15) is 0 Å². The van der Waals surface area contributed by atoms with Crippen molar-refractivity contribution in [3.05, 3.63) is 66.2 Å². The van der Waals surface area contributed by atoms with Gasteiger partial charge in [-0.15, -0.1) is 0 Å². The Kier molecular flexibility index (Phi) is 6.07. The van der Waals surface area contributed by atoms with Gasteiger partial charge in [-0.25, -0.2) is 0 Å². The van der Waals surface area contributed by atoms with Gasteiger partial charge >= 0.3 is 0 Å². The van der Waals surface area contributed by atoms with Crippen molar-refractivity contribution in [2.24, 2.45) is 0 Å². The molecule has 1 fully saturated rings. The largest absolute Gasteiger partial charge is 0.493 e. The van der Waals surface area contributed by atoms with Crippen LogP contribution in [0.15, 0.2) is 60.7 Å². The number of hydrogen-bond donors (Lipinski definition) is 0. The zero-order chi connectivity index (χ0) is 17.5. The van der Waals surface area contributed by atoms with Crippen LogP contribution in [0, 0.1) is 0 Å². The molecule has 1 aliphatic heterocycles. The number of hydrogen-bond acceptors (Lipinski definition) is 3. The smallest absolute Gasteiger partial charge is 0.226 e. The Morgan fingerprint density at radius 1 is 1.08 bits per heavy atom. The monoisotopic (exact) mass is 339 g/mol. The van der Waals surface area contributed by atoms with Crippen LogP contribution in [0.1, 0.15) is 18.9 Å². The summed E-state index contributed by atoms with van der Waals surface area (Å²) in [5, 5.41) is 0. The second-order valence-electron chi connectivity index (χ2n) is 6.47. The van der Waals surface area contributed by atoms with Gasteiger partial charge in [0.15, 0.2) is 0 Å². The van der Waals surface area contributed by atoms with Crippen molar-refractivity contribution in [2.45, 2.75) is 32.0 Å². The molecular weight excluding hydrogens is 314 g/mol. The predicted octanol–water partition coefficient (Wildman–Crippen LogP) is 3.31. The molecule has 1 amide bonds. The molecule has 2 unspecified atom stereocenters. The van der Waals surface area contributed by atoms with E-state index >= 15 is 0 Å². The maximum Gasteiger partial charge on any atom is 0.226 e. The standard InChI is InChI=1S/C21H25NO3/c1-17-15-22(16-20(25-17)14-18-8-4-2-5-9-18)21(23)12-13-24-19-10-6-3-7-11-19/h2-11,17,20H,12-16H2,1H3. The molecule has 0 bridgehead atoms. The lowest BCUT2D eigenvalue weighted by Gasteiger charge is -2.37. The van der Waals surface area contributed by atoms with E-state index in [1.54, 1.807) is 0 Å². The second-order valence-corrected chi connectivity index (χ2v) is 6.47. The topological polar surface area (TPSA) is 38.8 Å². The van der Waals surface area contributed by atoms with Crippen molar-refractivity contribution in [3.63, 3.8) is 0 Å². The van der Waals surface area contributed by atoms with Gasteiger partial charge in [0.1, 0.15) is 5.75 Å². The molecule has 0 N–H and O–H groups in total. The maximum absolute atomic E-state index is 12.5. The van der Waals surface area contributed by atoms with Crippen LogP contribution in [-0.4, -0.2) is 42.7 Å². The number of morpholine rings is 1. The van der Waals surface area contributed by atoms with Gasteiger partial charge in [-0.05, 0) is 24.6 Å². The van der Waals surface area contributed by atoms with Crippen LogP contribution in [0.25, 0.3) is 0 Å². The first-order chi connectivity index (χ1) is 12.2. The van der Waals surface area contributed by atoms with Gasteiger partial charge in [-0.3, -0.25) is 4.79 Å². The summed E-state index contributed by atoms with van der Waals surface area (Å²) in [6, 6.07) is 19.9. The molecule has 1 saturated heterocycles. The minimum Gasteiger partial charge on any atom is -0.493 e. The van der Waals surface area contributed by atoms with E-state index in [0.717, 1.165) is 12.2 Å². The molecule has 2 atom stereocenters. The molecule has 4 nitrogen and oxygen atoms in total. The minimum atomic E-state index is 0.0464. The Morgan fingerprint density at radius 3 is 2.48 bits per heavy atom. The number of carbonyl (C=O) groups excluding carboxylic acids is 1. The summed E-state index contributed by atoms with van der Waals surface area (Å²) in [7, 11) is 0. The Labute approximate surface area is 149 Å². The summed E-state index contributed by atoms with van der Waals surface area (Å²) in [4.78, 5) is 14.4. The molecule has 0 radical (unpaired) electrons. The highest BCUT2D eigenvalue weighted by Gasteiger charge is 2.28. The highest BCUT2D eigenvalue weighted by Crippen LogP contribution is 2.17. The third kappa shape index (κ3) is 5.33. The summed E-state index contributed by atoms with van der Waals surface area (Å²) in [5.74, 6) is 0.928. The number of rotatable bonds is 6. The average molecular weight is 339 g/mol. The number of amides is 1. The summed E-state index contributed by atoms with van der Waals surface area (Å²) in [6.07, 6.45) is 1.32. The Bertz CT molecular complexity index is 659. The van der Waals surface area contributed by atoms with Crippen molar-refractivity contribution in [2.75, 3.05) is 19.7 Å². The van der Waals surface area contributed by atoms with Gasteiger partial charge in [-0.1, -0.05) is 48.5 Å². The van der Waals surface area contributed by atoms with Crippen LogP contribution >= 0.6 is 0 Å². The lowest BCUT2D eigenvalue weighted by atomic mass is 10.1. The van der Waals surface area contributed by atoms with E-state index in [1.807, 2.05) is 60.4 Å². The number of ether oxygens (including phenoxy) is 2. The van der Waals surface area contributed by atoms with Gasteiger partial charge in [0.2, 0.25) is 5.91 Å². The number of para-hydroxylation sites is 1. The molecule has 0 aliphatic carbocycles. The van der Waals surface area contributed by atoms with Gasteiger partial charge < -0.3 is 14.4 Å². The lowest BCUT2D eigenvalue weighted by molar-refractivity contribution is -0.144. The molecule has 0 aromatic heterocycles. The van der Waals surface area contributed by atoms with Crippen LogP contribution in [0.3, 0.4) is 0 Å². The number of carbonyl (C=O) groups is 1. The van der Waals surface area contributed by atoms with Crippen LogP contribution in [0.5, 0.6) is 5.75 Å². The van der Waals surface area contributed by atoms with Crippen molar-refractivity contribution < 1.29 is 14.3 Å². The quantitative estimate of drug-likeness (QED) is 0.810. The summed E-state index contributed by atoms with van der Waals surface area (Å²) >= 11 is 0. The van der Waals surface area contributed by atoms with Crippen LogP contribution in [-0.2, 0) is 16.0 Å². The lowest BCUT2D eigenvalue weighted by Crippen LogP contribution is -2.50. The molecule has 0 saturated carbocycles. The van der Waals surface area contributed by atoms with Gasteiger partial charge in [0, 0.05) is 19.5 Å². The first-order valence-corrected chi connectivity index (χ1v) is 8.85. The Balaban J connectivity index is 1.49. The van der Waals surface area contributed by atoms with E-state index in [0.29, 0.717) is 26.1 Å². The summed E-state index contributed by atoms with van der Waals surface area (Å²) in [6.45, 7) is 3.72. The van der Waals surface area contributed by atoms with Gasteiger partial charge in [0.25, 0.3) is 0 Å². The van der Waals surface area contributed by atoms with Crippen molar-refractivity contribution in [1.82, 2.24) is 4.90 Å². The van der Waals surface area contributed by atoms with E-state index in [-0.39, 0.29) is 18.1 Å². The fourth-order valence-corrected chi connectivity index (χ4v) is 3.17. The zero-order valence-corrected chi connectivity index (χ0v) is 14.6. The fourth-order valence-electron chi connectivity index (χ4n) is 3.17. The fraction of sp³-hybridized carbons (Fsp3) is 0.381. The van der Waals surface area contributed by atoms with E-state index in [9.17, 15) is 4.79 Å². The summed E-state index contributed by atoms with van der Waals surface area (Å²) < 4.78 is 11.7. The predicted molar refractivity (Wildman–Crippen MR) is 97.6 cm³/mol. The van der Waals surface area contributed by atoms with Crippen molar-refractivity contribution in [3.8, 4) is 5.75 Å². The van der Waals surface area contributed by atoms with Crippen LogP contribution in [0.2, 0.25) is 0 Å². The first kappa shape index (κ1) is 17.5. The molecule has 132 valence electrons. The first-order valence-electron chi connectivity index (χ1n) is 8.85. The molecule has 25 heavy (non-hydrogen) atoms. The molecule has 2 aromatic carbocycles. The Morgan fingerprint density at radius 2 is 1.76 bits per heavy atom. The third-order valence-electron chi connectivity index (χ3n) is 4.31. The number of nitrogens with zero attached hydrogens (tertiary/aromatic N) is 1. The maximum atomic E-state index is 12.5. The van der Waals surface area contributed by atoms with E-state index in [4.69, 9.17) is 9.47 Å². The highest BCUT2D eigenvalue weighted by molar-refractivity contribution is 5.76. The van der Waals surface area contributed by atoms with Crippen molar-refractivity contribution >= 4 is 5.91 Å². The van der Waals surface area contributed by atoms with Crippen LogP contribution < -0.4 is 4.74 Å². The molecule has 1 aliphatic rings. The van der Waals surface area contributed by atoms with E-state index in [1.165, 1.54) is 5.56 Å².